The first kappa shape index (κ1) is 21.2. The molecule has 1 aliphatic heterocycles. The number of carbonyl (C=O) groups is 1. The van der Waals surface area contributed by atoms with Gasteiger partial charge in [0.1, 0.15) is 5.75 Å². The minimum atomic E-state index is -1.44. The quantitative estimate of drug-likeness (QED) is 0.579. The largest absolute Gasteiger partial charge is 0.506 e. The fraction of sp³-hybridized carbons (Fsp3) is 0.417. The molecule has 31 heavy (non-hydrogen) atoms. The highest BCUT2D eigenvalue weighted by Gasteiger charge is 2.33. The Balaban J connectivity index is 1.86. The van der Waals surface area contributed by atoms with Crippen LogP contribution < -0.4 is 5.56 Å². The van der Waals surface area contributed by atoms with Crippen LogP contribution >= 0.6 is 0 Å². The fourth-order valence-corrected chi connectivity index (χ4v) is 4.95. The molecule has 4 rings (SSSR count). The monoisotopic (exact) mass is 423 g/mol. The zero-order valence-electron chi connectivity index (χ0n) is 18.5. The number of aromatic carboxylic acids is 1. The molecule has 7 heteroatoms. The van der Waals surface area contributed by atoms with Crippen LogP contribution in [-0.2, 0) is 19.0 Å². The van der Waals surface area contributed by atoms with Crippen molar-refractivity contribution in [2.75, 3.05) is 13.1 Å². The SMILES string of the molecule is CCc1c(-c2ccc3c(c2)cc(C(C)(C)N2CCCC2)n3C)[nH]c(=O)c(C(=O)O)c1O. The van der Waals surface area contributed by atoms with Crippen molar-refractivity contribution in [2.24, 2.45) is 7.05 Å². The van der Waals surface area contributed by atoms with Crippen LogP contribution in [0.3, 0.4) is 0 Å². The molecule has 1 aliphatic rings. The van der Waals surface area contributed by atoms with E-state index >= 15 is 0 Å². The lowest BCUT2D eigenvalue weighted by Crippen LogP contribution is -2.40. The molecule has 1 fully saturated rings. The second kappa shape index (κ2) is 7.57. The molecule has 0 bridgehead atoms. The van der Waals surface area contributed by atoms with Gasteiger partial charge in [0.15, 0.2) is 5.56 Å². The minimum absolute atomic E-state index is 0.102. The molecule has 3 aromatic rings. The maximum absolute atomic E-state index is 12.3. The Bertz CT molecular complexity index is 1230. The number of nitrogens with one attached hydrogen (secondary N) is 1. The molecule has 3 heterocycles. The molecule has 1 aromatic carbocycles. The first-order valence-corrected chi connectivity index (χ1v) is 10.7. The van der Waals surface area contributed by atoms with Gasteiger partial charge in [0.25, 0.3) is 5.56 Å². The molecule has 0 atom stereocenters. The van der Waals surface area contributed by atoms with E-state index < -0.39 is 22.8 Å². The number of likely N-dealkylation sites (tertiary alicyclic amines) is 1. The van der Waals surface area contributed by atoms with Gasteiger partial charge in [-0.15, -0.1) is 0 Å². The molecule has 164 valence electrons. The summed E-state index contributed by atoms with van der Waals surface area (Å²) in [6, 6.07) is 8.09. The Kier molecular flexibility index (Phi) is 5.17. The summed E-state index contributed by atoms with van der Waals surface area (Å²) in [4.78, 5) is 28.9. The summed E-state index contributed by atoms with van der Waals surface area (Å²) in [6.45, 7) is 8.51. The third kappa shape index (κ3) is 3.33. The van der Waals surface area contributed by atoms with E-state index in [4.69, 9.17) is 0 Å². The number of aromatic nitrogens is 2. The average molecular weight is 424 g/mol. The summed E-state index contributed by atoms with van der Waals surface area (Å²) in [6.07, 6.45) is 2.83. The van der Waals surface area contributed by atoms with Gasteiger partial charge in [-0.2, -0.15) is 0 Å². The summed E-state index contributed by atoms with van der Waals surface area (Å²) >= 11 is 0. The maximum atomic E-state index is 12.3. The zero-order chi connectivity index (χ0) is 22.5. The molecular weight excluding hydrogens is 394 g/mol. The number of H-pyrrole nitrogens is 1. The van der Waals surface area contributed by atoms with Gasteiger partial charge in [-0.25, -0.2) is 4.79 Å². The van der Waals surface area contributed by atoms with E-state index in [1.807, 2.05) is 25.1 Å². The number of fused-ring (bicyclic) bond motifs is 1. The molecule has 0 spiro atoms. The number of pyridine rings is 1. The van der Waals surface area contributed by atoms with Crippen molar-refractivity contribution in [2.45, 2.75) is 45.6 Å². The first-order chi connectivity index (χ1) is 14.7. The van der Waals surface area contributed by atoms with Crippen molar-refractivity contribution < 1.29 is 15.0 Å². The van der Waals surface area contributed by atoms with Crippen molar-refractivity contribution in [1.29, 1.82) is 0 Å². The molecule has 0 radical (unpaired) electrons. The summed E-state index contributed by atoms with van der Waals surface area (Å²) in [5, 5.41) is 20.8. The van der Waals surface area contributed by atoms with E-state index in [2.05, 4.69) is 41.4 Å². The second-order valence-corrected chi connectivity index (χ2v) is 8.81. The lowest BCUT2D eigenvalue weighted by Gasteiger charge is -2.36. The van der Waals surface area contributed by atoms with Crippen molar-refractivity contribution in [3.05, 3.63) is 51.4 Å². The van der Waals surface area contributed by atoms with Crippen LogP contribution in [0.25, 0.3) is 22.2 Å². The molecule has 0 saturated carbocycles. The number of hydrogen-bond donors (Lipinski definition) is 3. The van der Waals surface area contributed by atoms with Crippen molar-refractivity contribution in [1.82, 2.24) is 14.5 Å². The molecule has 3 N–H and O–H groups in total. The number of aryl methyl sites for hydroxylation is 1. The second-order valence-electron chi connectivity index (χ2n) is 8.81. The van der Waals surface area contributed by atoms with Crippen LogP contribution in [0.5, 0.6) is 5.75 Å². The van der Waals surface area contributed by atoms with Crippen molar-refractivity contribution in [3.8, 4) is 17.0 Å². The molecule has 7 nitrogen and oxygen atoms in total. The average Bonchev–Trinajstić information content (AvgIpc) is 3.36. The minimum Gasteiger partial charge on any atom is -0.506 e. The predicted octanol–water partition coefficient (Wildman–Crippen LogP) is 3.83. The summed E-state index contributed by atoms with van der Waals surface area (Å²) in [7, 11) is 2.07. The van der Waals surface area contributed by atoms with E-state index in [1.54, 1.807) is 0 Å². The van der Waals surface area contributed by atoms with Gasteiger partial charge in [-0.05, 0) is 70.0 Å². The topological polar surface area (TPSA) is 98.6 Å². The van der Waals surface area contributed by atoms with E-state index in [9.17, 15) is 19.8 Å². The number of carboxylic acid groups (broad SMARTS) is 1. The number of benzene rings is 1. The fourth-order valence-electron chi connectivity index (χ4n) is 4.95. The highest BCUT2D eigenvalue weighted by atomic mass is 16.4. The van der Waals surface area contributed by atoms with Crippen LogP contribution in [0.4, 0.5) is 0 Å². The van der Waals surface area contributed by atoms with Gasteiger partial charge in [-0.1, -0.05) is 13.0 Å². The van der Waals surface area contributed by atoms with Gasteiger partial charge < -0.3 is 19.8 Å². The van der Waals surface area contributed by atoms with Crippen LogP contribution in [-0.4, -0.2) is 43.7 Å². The van der Waals surface area contributed by atoms with Crippen LogP contribution in [0.15, 0.2) is 29.1 Å². The molecular formula is C24H29N3O4. The molecule has 0 unspecified atom stereocenters. The van der Waals surface area contributed by atoms with Gasteiger partial charge >= 0.3 is 5.97 Å². The smallest absolute Gasteiger partial charge is 0.345 e. The highest BCUT2D eigenvalue weighted by molar-refractivity contribution is 5.92. The molecule has 0 amide bonds. The van der Waals surface area contributed by atoms with Crippen LogP contribution in [0.2, 0.25) is 0 Å². The third-order valence-electron chi connectivity index (χ3n) is 6.71. The van der Waals surface area contributed by atoms with Gasteiger partial charge in [0.2, 0.25) is 0 Å². The summed E-state index contributed by atoms with van der Waals surface area (Å²) in [5.41, 5.74) is 2.40. The van der Waals surface area contributed by atoms with Gasteiger partial charge in [0.05, 0.1) is 11.2 Å². The van der Waals surface area contributed by atoms with E-state index in [1.165, 1.54) is 18.5 Å². The van der Waals surface area contributed by atoms with Crippen molar-refractivity contribution in [3.63, 3.8) is 0 Å². The number of nitrogens with zero attached hydrogens (tertiary/aromatic N) is 2. The first-order valence-electron chi connectivity index (χ1n) is 10.7. The number of rotatable bonds is 5. The van der Waals surface area contributed by atoms with Crippen molar-refractivity contribution >= 4 is 16.9 Å². The Morgan fingerprint density at radius 1 is 1.19 bits per heavy atom. The predicted molar refractivity (Wildman–Crippen MR) is 121 cm³/mol. The molecule has 0 aliphatic carbocycles. The number of aromatic amines is 1. The standard InChI is InChI=1S/C24H29N3O4/c1-5-16-20(25-22(29)19(21(16)28)23(30)31)14-8-9-17-15(12-14)13-18(26(17)4)24(2,3)27-10-6-7-11-27/h8-9,12-13H,5-7,10-11H2,1-4H3,(H,30,31)(H2,25,28,29). The maximum Gasteiger partial charge on any atom is 0.345 e. The van der Waals surface area contributed by atoms with Gasteiger partial charge in [-0.3, -0.25) is 9.69 Å². The van der Waals surface area contributed by atoms with Gasteiger partial charge in [0, 0.05) is 29.2 Å². The Hall–Kier alpha value is -3.06. The lowest BCUT2D eigenvalue weighted by atomic mass is 9.97. The van der Waals surface area contributed by atoms with E-state index in [0.29, 0.717) is 17.7 Å². The number of carboxylic acids is 1. The summed E-state index contributed by atoms with van der Waals surface area (Å²) in [5.74, 6) is -1.90. The number of aromatic hydroxyl groups is 1. The molecule has 1 saturated heterocycles. The highest BCUT2D eigenvalue weighted by Crippen LogP contribution is 2.36. The lowest BCUT2D eigenvalue weighted by molar-refractivity contribution is 0.0691. The number of hydrogen-bond acceptors (Lipinski definition) is 4. The Morgan fingerprint density at radius 2 is 1.87 bits per heavy atom. The Morgan fingerprint density at radius 3 is 2.48 bits per heavy atom. The zero-order valence-corrected chi connectivity index (χ0v) is 18.5. The van der Waals surface area contributed by atoms with E-state index in [0.717, 1.165) is 29.6 Å². The normalized spacial score (nSPS) is 15.1. The molecule has 2 aromatic heterocycles. The van der Waals surface area contributed by atoms with Crippen LogP contribution in [0, 0.1) is 0 Å². The Labute approximate surface area is 180 Å². The summed E-state index contributed by atoms with van der Waals surface area (Å²) < 4.78 is 2.21. The van der Waals surface area contributed by atoms with E-state index in [-0.39, 0.29) is 5.54 Å². The van der Waals surface area contributed by atoms with Crippen LogP contribution in [0.1, 0.15) is 55.2 Å². The third-order valence-corrected chi connectivity index (χ3v) is 6.71.